The summed E-state index contributed by atoms with van der Waals surface area (Å²) in [5.41, 5.74) is 0.803. The van der Waals surface area contributed by atoms with Gasteiger partial charge in [0.15, 0.2) is 0 Å². The van der Waals surface area contributed by atoms with Crippen LogP contribution in [0.3, 0.4) is 0 Å². The first-order valence-corrected chi connectivity index (χ1v) is 8.35. The van der Waals surface area contributed by atoms with Crippen molar-refractivity contribution in [2.75, 3.05) is 25.6 Å². The van der Waals surface area contributed by atoms with Crippen molar-refractivity contribution >= 4 is 46.6 Å². The van der Waals surface area contributed by atoms with Crippen molar-refractivity contribution in [2.24, 2.45) is 0 Å². The van der Waals surface area contributed by atoms with E-state index in [2.05, 4.69) is 0 Å². The van der Waals surface area contributed by atoms with Gasteiger partial charge < -0.3 is 9.64 Å². The molecule has 0 spiro atoms. The van der Waals surface area contributed by atoms with Crippen LogP contribution in [0.25, 0.3) is 0 Å². The molecule has 0 N–H and O–H groups in total. The van der Waals surface area contributed by atoms with E-state index >= 15 is 0 Å². The van der Waals surface area contributed by atoms with Crippen molar-refractivity contribution in [1.29, 1.82) is 0 Å². The average molecular weight is 393 g/mol. The fourth-order valence-electron chi connectivity index (χ4n) is 2.71. The molecule has 8 heteroatoms. The maximum absolute atomic E-state index is 12.6. The zero-order valence-corrected chi connectivity index (χ0v) is 15.5. The highest BCUT2D eigenvalue weighted by atomic mass is 35.5. The van der Waals surface area contributed by atoms with Crippen LogP contribution >= 0.6 is 23.2 Å². The molecule has 0 aliphatic carbocycles. The van der Waals surface area contributed by atoms with E-state index in [1.807, 2.05) is 0 Å². The molecule has 0 saturated carbocycles. The van der Waals surface area contributed by atoms with Crippen LogP contribution in [0.5, 0.6) is 5.75 Å². The number of benzene rings is 2. The first-order chi connectivity index (χ1) is 12.3. The Bertz CT molecular complexity index is 888. The van der Waals surface area contributed by atoms with Crippen LogP contribution in [0.15, 0.2) is 36.4 Å². The average Bonchev–Trinajstić information content (AvgIpc) is 2.86. The maximum atomic E-state index is 12.6. The van der Waals surface area contributed by atoms with E-state index in [4.69, 9.17) is 27.9 Å². The van der Waals surface area contributed by atoms with Crippen LogP contribution in [-0.4, -0.2) is 43.3 Å². The zero-order valence-electron chi connectivity index (χ0n) is 14.0. The van der Waals surface area contributed by atoms with Gasteiger partial charge in [0.25, 0.3) is 11.8 Å². The molecule has 26 heavy (non-hydrogen) atoms. The summed E-state index contributed by atoms with van der Waals surface area (Å²) >= 11 is 11.8. The fourth-order valence-corrected chi connectivity index (χ4v) is 3.04. The van der Waals surface area contributed by atoms with Gasteiger partial charge in [0.2, 0.25) is 5.91 Å². The number of para-hydroxylation sites is 2. The number of anilines is 1. The largest absolute Gasteiger partial charge is 0.495 e. The van der Waals surface area contributed by atoms with Gasteiger partial charge in [-0.3, -0.25) is 19.3 Å². The zero-order chi connectivity index (χ0) is 19.0. The Balaban J connectivity index is 1.84. The summed E-state index contributed by atoms with van der Waals surface area (Å²) < 4.78 is 5.24. The molecular weight excluding hydrogens is 379 g/mol. The van der Waals surface area contributed by atoms with Crippen molar-refractivity contribution in [2.45, 2.75) is 0 Å². The Kier molecular flexibility index (Phi) is 4.89. The standard InChI is InChI=1S/C18H14Cl2N2O4/c1-21(14-5-3-4-6-15(14)26-2)16(23)9-22-17(24)10-7-12(19)13(20)8-11(10)18(22)25/h3-8H,9H2,1-2H3. The highest BCUT2D eigenvalue weighted by Crippen LogP contribution is 2.32. The minimum Gasteiger partial charge on any atom is -0.495 e. The minimum atomic E-state index is -0.578. The number of amides is 3. The summed E-state index contributed by atoms with van der Waals surface area (Å²) in [5, 5.41) is 0.344. The molecule has 134 valence electrons. The topological polar surface area (TPSA) is 66.9 Å². The van der Waals surface area contributed by atoms with Crippen LogP contribution < -0.4 is 9.64 Å². The molecule has 2 aromatic rings. The maximum Gasteiger partial charge on any atom is 0.262 e. The van der Waals surface area contributed by atoms with Crippen LogP contribution in [0, 0.1) is 0 Å². The number of nitrogens with zero attached hydrogens (tertiary/aromatic N) is 2. The van der Waals surface area contributed by atoms with Crippen LogP contribution in [0.1, 0.15) is 20.7 Å². The van der Waals surface area contributed by atoms with Crippen molar-refractivity contribution in [3.05, 3.63) is 57.6 Å². The lowest BCUT2D eigenvalue weighted by Gasteiger charge is -2.22. The van der Waals surface area contributed by atoms with Crippen LogP contribution in [0.2, 0.25) is 10.0 Å². The van der Waals surface area contributed by atoms with Gasteiger partial charge in [-0.1, -0.05) is 35.3 Å². The summed E-state index contributed by atoms with van der Waals surface area (Å²) in [5.74, 6) is -1.10. The molecule has 2 aromatic carbocycles. The van der Waals surface area contributed by atoms with E-state index in [9.17, 15) is 14.4 Å². The van der Waals surface area contributed by atoms with Gasteiger partial charge in [-0.05, 0) is 24.3 Å². The van der Waals surface area contributed by atoms with E-state index in [1.165, 1.54) is 24.1 Å². The van der Waals surface area contributed by atoms with Crippen molar-refractivity contribution in [3.8, 4) is 5.75 Å². The Hall–Kier alpha value is -2.57. The second-order valence-corrected chi connectivity index (χ2v) is 6.45. The number of rotatable bonds is 4. The summed E-state index contributed by atoms with van der Waals surface area (Å²) in [4.78, 5) is 39.8. The molecule has 1 aliphatic heterocycles. The lowest BCUT2D eigenvalue weighted by molar-refractivity contribution is -0.118. The Morgan fingerprint density at radius 3 is 2.15 bits per heavy atom. The number of methoxy groups -OCH3 is 1. The second-order valence-electron chi connectivity index (χ2n) is 5.63. The SMILES string of the molecule is COc1ccccc1N(C)C(=O)CN1C(=O)c2cc(Cl)c(Cl)cc2C1=O. The number of carbonyl (C=O) groups is 3. The number of hydrogen-bond acceptors (Lipinski definition) is 4. The molecular formula is C18H14Cl2N2O4. The van der Waals surface area contributed by atoms with Crippen LogP contribution in [-0.2, 0) is 4.79 Å². The van der Waals surface area contributed by atoms with Crippen molar-refractivity contribution in [3.63, 3.8) is 0 Å². The van der Waals surface area contributed by atoms with Crippen molar-refractivity contribution < 1.29 is 19.1 Å². The summed E-state index contributed by atoms with van der Waals surface area (Å²) in [6.07, 6.45) is 0. The molecule has 1 aliphatic rings. The summed E-state index contributed by atoms with van der Waals surface area (Å²) in [6, 6.07) is 9.64. The molecule has 3 rings (SSSR count). The third-order valence-corrected chi connectivity index (χ3v) is 4.85. The monoisotopic (exact) mass is 392 g/mol. The highest BCUT2D eigenvalue weighted by Gasteiger charge is 2.38. The lowest BCUT2D eigenvalue weighted by atomic mass is 10.1. The molecule has 6 nitrogen and oxygen atoms in total. The number of hydrogen-bond donors (Lipinski definition) is 0. The predicted molar refractivity (Wildman–Crippen MR) is 98.2 cm³/mol. The quantitative estimate of drug-likeness (QED) is 0.748. The minimum absolute atomic E-state index is 0.136. The molecule has 3 amide bonds. The molecule has 0 saturated heterocycles. The van der Waals surface area contributed by atoms with E-state index < -0.39 is 24.3 Å². The second kappa shape index (κ2) is 6.97. The Labute approximate surface area is 159 Å². The van der Waals surface area contributed by atoms with Gasteiger partial charge in [0.05, 0.1) is 34.0 Å². The Morgan fingerprint density at radius 2 is 1.62 bits per heavy atom. The molecule has 0 fully saturated rings. The number of halogens is 2. The number of ether oxygens (including phenoxy) is 1. The molecule has 1 heterocycles. The number of likely N-dealkylation sites (N-methyl/N-ethyl adjacent to an activating group) is 1. The van der Waals surface area contributed by atoms with Gasteiger partial charge in [0.1, 0.15) is 12.3 Å². The lowest BCUT2D eigenvalue weighted by Crippen LogP contribution is -2.41. The van der Waals surface area contributed by atoms with Gasteiger partial charge in [0, 0.05) is 7.05 Å². The number of imide groups is 1. The van der Waals surface area contributed by atoms with Gasteiger partial charge in [-0.25, -0.2) is 0 Å². The summed E-state index contributed by atoms with van der Waals surface area (Å²) in [6.45, 7) is -0.407. The molecule has 0 aromatic heterocycles. The van der Waals surface area contributed by atoms with E-state index in [0.29, 0.717) is 11.4 Å². The number of carbonyl (C=O) groups excluding carboxylic acids is 3. The Morgan fingerprint density at radius 1 is 1.08 bits per heavy atom. The molecule has 0 unspecified atom stereocenters. The van der Waals surface area contributed by atoms with Gasteiger partial charge in [-0.15, -0.1) is 0 Å². The van der Waals surface area contributed by atoms with Crippen molar-refractivity contribution in [1.82, 2.24) is 4.90 Å². The third-order valence-electron chi connectivity index (χ3n) is 4.13. The first kappa shape index (κ1) is 18.2. The predicted octanol–water partition coefficient (Wildman–Crippen LogP) is 3.26. The van der Waals surface area contributed by atoms with E-state index in [-0.39, 0.29) is 21.2 Å². The van der Waals surface area contributed by atoms with E-state index in [0.717, 1.165) is 4.90 Å². The third kappa shape index (κ3) is 3.02. The van der Waals surface area contributed by atoms with E-state index in [1.54, 1.807) is 31.3 Å². The highest BCUT2D eigenvalue weighted by molar-refractivity contribution is 6.43. The number of fused-ring (bicyclic) bond motifs is 1. The first-order valence-electron chi connectivity index (χ1n) is 7.60. The summed E-state index contributed by atoms with van der Waals surface area (Å²) in [7, 11) is 3.04. The van der Waals surface area contributed by atoms with Gasteiger partial charge in [-0.2, -0.15) is 0 Å². The normalized spacial score (nSPS) is 13.0. The van der Waals surface area contributed by atoms with Crippen LogP contribution in [0.4, 0.5) is 5.69 Å². The fraction of sp³-hybridized carbons (Fsp3) is 0.167. The molecule has 0 bridgehead atoms. The smallest absolute Gasteiger partial charge is 0.262 e. The molecule has 0 radical (unpaired) electrons. The van der Waals surface area contributed by atoms with Gasteiger partial charge >= 0.3 is 0 Å². The molecule has 0 atom stereocenters.